The maximum Gasteiger partial charge on any atom is 0.272 e. The summed E-state index contributed by atoms with van der Waals surface area (Å²) in [6, 6.07) is 7.38. The Kier molecular flexibility index (Phi) is 8.87. The Morgan fingerprint density at radius 3 is 2.83 bits per heavy atom. The van der Waals surface area contributed by atoms with E-state index in [1.54, 1.807) is 4.57 Å². The molecule has 2 amide bonds. The summed E-state index contributed by atoms with van der Waals surface area (Å²) < 4.78 is 12.8. The molecule has 11 heteroatoms. The lowest BCUT2D eigenvalue weighted by atomic mass is 10.1. The lowest BCUT2D eigenvalue weighted by molar-refractivity contribution is -0.121. The number of hydrogen-bond donors (Lipinski definition) is 2. The molecular weight excluding hydrogens is 500 g/mol. The maximum atomic E-state index is 13.1. The topological polar surface area (TPSA) is 112 Å². The van der Waals surface area contributed by atoms with E-state index < -0.39 is 0 Å². The first-order valence-corrected chi connectivity index (χ1v) is 13.8. The summed E-state index contributed by atoms with van der Waals surface area (Å²) in [4.78, 5) is 42.4. The van der Waals surface area contributed by atoms with Crippen molar-refractivity contribution in [3.63, 3.8) is 0 Å². The van der Waals surface area contributed by atoms with Crippen molar-refractivity contribution < 1.29 is 19.1 Å². The molecule has 3 aromatic rings. The molecule has 0 spiro atoms. The minimum absolute atomic E-state index is 0.0882. The van der Waals surface area contributed by atoms with Gasteiger partial charge < -0.3 is 20.1 Å². The largest absolute Gasteiger partial charge is 0.454 e. The molecule has 0 saturated carbocycles. The van der Waals surface area contributed by atoms with Gasteiger partial charge in [0.05, 0.1) is 11.3 Å². The van der Waals surface area contributed by atoms with E-state index in [4.69, 9.17) is 9.47 Å². The summed E-state index contributed by atoms with van der Waals surface area (Å²) in [5.74, 6) is 1.88. The molecule has 2 N–H and O–H groups in total. The van der Waals surface area contributed by atoms with Gasteiger partial charge in [0.15, 0.2) is 16.7 Å². The fraction of sp³-hybridized carbons (Fsp3) is 0.440. The van der Waals surface area contributed by atoms with Gasteiger partial charge in [-0.2, -0.15) is 0 Å². The monoisotopic (exact) mass is 530 g/mol. The third-order valence-corrected chi connectivity index (χ3v) is 7.49. The zero-order chi connectivity index (χ0) is 25.5. The van der Waals surface area contributed by atoms with Gasteiger partial charge in [0.25, 0.3) is 5.56 Å². The molecule has 9 nitrogen and oxygen atoms in total. The highest BCUT2D eigenvalue weighted by molar-refractivity contribution is 7.99. The second kappa shape index (κ2) is 12.3. The van der Waals surface area contributed by atoms with Crippen molar-refractivity contribution in [3.8, 4) is 11.5 Å². The summed E-state index contributed by atoms with van der Waals surface area (Å²) in [7, 11) is 0. The Bertz CT molecular complexity index is 1290. The van der Waals surface area contributed by atoms with Crippen LogP contribution >= 0.6 is 23.1 Å². The second-order valence-electron chi connectivity index (χ2n) is 8.88. The molecule has 0 unspecified atom stereocenters. The van der Waals surface area contributed by atoms with Gasteiger partial charge in [0.2, 0.25) is 18.6 Å². The van der Waals surface area contributed by atoms with E-state index in [2.05, 4.69) is 29.5 Å². The van der Waals surface area contributed by atoms with Crippen LogP contribution in [-0.2, 0) is 22.7 Å². The standard InChI is InChI=1S/C25H30N4O5S2/c1-16(2)7-9-26-22(31)14-36-25-28-18-8-11-35-23(18)24(32)29(25)10-3-4-21(30)27-13-17-5-6-19-20(12-17)34-15-33-19/h5-6,8,11-12,16H,3-4,7,9-10,13-15H2,1-2H3,(H,26,31)(H,27,30). The molecule has 1 aromatic carbocycles. The number of carbonyl (C=O) groups excluding carboxylic acids is 2. The number of amides is 2. The normalized spacial score (nSPS) is 12.3. The fourth-order valence-electron chi connectivity index (χ4n) is 3.65. The van der Waals surface area contributed by atoms with Gasteiger partial charge in [0, 0.05) is 26.1 Å². The molecule has 4 rings (SSSR count). The van der Waals surface area contributed by atoms with Crippen molar-refractivity contribution in [1.29, 1.82) is 0 Å². The van der Waals surface area contributed by atoms with Crippen molar-refractivity contribution in [2.75, 3.05) is 19.1 Å². The first kappa shape index (κ1) is 26.0. The molecule has 3 heterocycles. The van der Waals surface area contributed by atoms with E-state index in [1.165, 1.54) is 23.1 Å². The first-order chi connectivity index (χ1) is 17.4. The number of rotatable bonds is 12. The molecule has 0 radical (unpaired) electrons. The zero-order valence-electron chi connectivity index (χ0n) is 20.4. The average molecular weight is 531 g/mol. The Labute approximate surface area is 217 Å². The van der Waals surface area contributed by atoms with Gasteiger partial charge in [0.1, 0.15) is 4.70 Å². The van der Waals surface area contributed by atoms with E-state index in [0.717, 1.165) is 12.0 Å². The van der Waals surface area contributed by atoms with Gasteiger partial charge in [-0.15, -0.1) is 11.3 Å². The van der Waals surface area contributed by atoms with Crippen molar-refractivity contribution in [2.45, 2.75) is 51.4 Å². The fourth-order valence-corrected chi connectivity index (χ4v) is 5.28. The number of thioether (sulfide) groups is 1. The number of nitrogens with zero attached hydrogens (tertiary/aromatic N) is 2. The van der Waals surface area contributed by atoms with Crippen LogP contribution in [0.2, 0.25) is 0 Å². The van der Waals surface area contributed by atoms with E-state index in [9.17, 15) is 14.4 Å². The summed E-state index contributed by atoms with van der Waals surface area (Å²) >= 11 is 2.59. The van der Waals surface area contributed by atoms with Crippen LogP contribution in [0.25, 0.3) is 10.2 Å². The lowest BCUT2D eigenvalue weighted by Gasteiger charge is -2.12. The highest BCUT2D eigenvalue weighted by Crippen LogP contribution is 2.32. The number of thiophene rings is 1. The van der Waals surface area contributed by atoms with Crippen LogP contribution in [0.4, 0.5) is 0 Å². The number of nitrogens with one attached hydrogen (secondary N) is 2. The van der Waals surface area contributed by atoms with Crippen LogP contribution in [0.15, 0.2) is 39.6 Å². The number of ether oxygens (including phenoxy) is 2. The second-order valence-corrected chi connectivity index (χ2v) is 10.7. The van der Waals surface area contributed by atoms with E-state index >= 15 is 0 Å². The van der Waals surface area contributed by atoms with E-state index in [1.807, 2.05) is 29.6 Å². The maximum absolute atomic E-state index is 13.1. The van der Waals surface area contributed by atoms with Crippen LogP contribution in [0, 0.1) is 5.92 Å². The first-order valence-electron chi connectivity index (χ1n) is 11.9. The van der Waals surface area contributed by atoms with Crippen molar-refractivity contribution >= 4 is 45.1 Å². The number of benzene rings is 1. The molecular formula is C25H30N4O5S2. The summed E-state index contributed by atoms with van der Waals surface area (Å²) in [5.41, 5.74) is 1.41. The number of carbonyl (C=O) groups is 2. The molecule has 0 atom stereocenters. The third kappa shape index (κ3) is 6.79. The molecule has 0 fully saturated rings. The molecule has 192 valence electrons. The van der Waals surface area contributed by atoms with Crippen LogP contribution in [0.5, 0.6) is 11.5 Å². The summed E-state index contributed by atoms with van der Waals surface area (Å²) in [5, 5.41) is 8.14. The number of fused-ring (bicyclic) bond motifs is 2. The predicted molar refractivity (Wildman–Crippen MR) is 141 cm³/mol. The van der Waals surface area contributed by atoms with Crippen molar-refractivity contribution in [3.05, 3.63) is 45.6 Å². The van der Waals surface area contributed by atoms with E-state index in [0.29, 0.717) is 58.8 Å². The summed E-state index contributed by atoms with van der Waals surface area (Å²) in [6.07, 6.45) is 1.65. The number of hydrogen-bond acceptors (Lipinski definition) is 8. The predicted octanol–water partition coefficient (Wildman–Crippen LogP) is 3.54. The minimum atomic E-state index is -0.140. The van der Waals surface area contributed by atoms with Gasteiger partial charge >= 0.3 is 0 Å². The molecule has 36 heavy (non-hydrogen) atoms. The molecule has 0 saturated heterocycles. The van der Waals surface area contributed by atoms with Crippen molar-refractivity contribution in [2.24, 2.45) is 5.92 Å². The van der Waals surface area contributed by atoms with Gasteiger partial charge in [-0.3, -0.25) is 19.0 Å². The average Bonchev–Trinajstić information content (AvgIpc) is 3.52. The highest BCUT2D eigenvalue weighted by Gasteiger charge is 2.16. The van der Waals surface area contributed by atoms with Crippen molar-refractivity contribution in [1.82, 2.24) is 20.2 Å². The molecule has 1 aliphatic heterocycles. The number of aromatic nitrogens is 2. The Hall–Kier alpha value is -3.05. The van der Waals surface area contributed by atoms with E-state index in [-0.39, 0.29) is 36.3 Å². The van der Waals surface area contributed by atoms with Crippen LogP contribution < -0.4 is 25.7 Å². The lowest BCUT2D eigenvalue weighted by Crippen LogP contribution is -2.28. The zero-order valence-corrected chi connectivity index (χ0v) is 22.0. The minimum Gasteiger partial charge on any atom is -0.454 e. The molecule has 1 aliphatic rings. The Morgan fingerprint density at radius 1 is 1.17 bits per heavy atom. The van der Waals surface area contributed by atoms with Crippen LogP contribution in [0.1, 0.15) is 38.7 Å². The Balaban J connectivity index is 1.32. The molecule has 0 bridgehead atoms. The Morgan fingerprint density at radius 2 is 2.00 bits per heavy atom. The molecule has 0 aliphatic carbocycles. The van der Waals surface area contributed by atoms with Crippen LogP contribution in [-0.4, -0.2) is 40.5 Å². The van der Waals surface area contributed by atoms with Gasteiger partial charge in [-0.05, 0) is 47.9 Å². The smallest absolute Gasteiger partial charge is 0.272 e. The molecule has 2 aromatic heterocycles. The highest BCUT2D eigenvalue weighted by atomic mass is 32.2. The SMILES string of the molecule is CC(C)CCNC(=O)CSc1nc2ccsc2c(=O)n1CCCC(=O)NCc1ccc2c(c1)OCO2. The third-order valence-electron chi connectivity index (χ3n) is 5.62. The summed E-state index contributed by atoms with van der Waals surface area (Å²) in [6.45, 7) is 5.77. The van der Waals surface area contributed by atoms with Gasteiger partial charge in [-0.25, -0.2) is 4.98 Å². The quantitative estimate of drug-likeness (QED) is 0.272. The van der Waals surface area contributed by atoms with Crippen LogP contribution in [0.3, 0.4) is 0 Å². The van der Waals surface area contributed by atoms with Gasteiger partial charge in [-0.1, -0.05) is 31.7 Å².